The Balaban J connectivity index is -0.0000000735. The van der Waals surface area contributed by atoms with Crippen LogP contribution in [0.4, 0.5) is 0 Å². The van der Waals surface area contributed by atoms with Crippen LogP contribution >= 0.6 is 0 Å². The van der Waals surface area contributed by atoms with Crippen LogP contribution in [0.1, 0.15) is 19.3 Å². The second kappa shape index (κ2) is 22.0. The van der Waals surface area contributed by atoms with Gasteiger partial charge in [0.1, 0.15) is 24.4 Å². The van der Waals surface area contributed by atoms with Crippen LogP contribution in [0.5, 0.6) is 0 Å². The fourth-order valence-electron chi connectivity index (χ4n) is 1.77. The van der Waals surface area contributed by atoms with Crippen LogP contribution in [-0.2, 0) is 43.9 Å². The van der Waals surface area contributed by atoms with Gasteiger partial charge in [-0.25, -0.2) is 0 Å². The Morgan fingerprint density at radius 3 is 1.32 bits per heavy atom. The minimum absolute atomic E-state index is 0. The van der Waals surface area contributed by atoms with Crippen LogP contribution in [0.15, 0.2) is 24.4 Å². The van der Waals surface area contributed by atoms with Gasteiger partial charge in [0.15, 0.2) is 0 Å². The molecular formula is C14H32N2Ni2O7+2. The minimum atomic E-state index is -1.16. The molecule has 25 heavy (non-hydrogen) atoms. The van der Waals surface area contributed by atoms with Crippen molar-refractivity contribution in [3.63, 3.8) is 0 Å². The number of hydrogen-bond donors (Lipinski definition) is 4. The number of hydrogen-bond acceptors (Lipinski definition) is 4. The van der Waals surface area contributed by atoms with E-state index in [-0.39, 0.29) is 49.4 Å². The second-order valence-electron chi connectivity index (χ2n) is 4.83. The largest absolute Gasteiger partial charge is 2.00 e. The fraction of sp³-hybridized carbons (Fsp3) is 0.714. The zero-order valence-corrected chi connectivity index (χ0v) is 15.8. The predicted molar refractivity (Wildman–Crippen MR) is 90.8 cm³/mol. The van der Waals surface area contributed by atoms with Gasteiger partial charge in [0, 0.05) is 16.5 Å². The Bertz CT molecular complexity index is 266. The molecule has 2 aliphatic heterocycles. The average molecular weight is 458 g/mol. The molecule has 9 nitrogen and oxygen atoms in total. The molecule has 3 rings (SSSR count). The van der Waals surface area contributed by atoms with E-state index in [0.717, 1.165) is 19.6 Å². The summed E-state index contributed by atoms with van der Waals surface area (Å²) < 4.78 is 0. The zero-order chi connectivity index (χ0) is 14.8. The molecule has 3 aliphatic rings. The predicted octanol–water partition coefficient (Wildman–Crippen LogP) is -2.24. The van der Waals surface area contributed by atoms with Crippen molar-refractivity contribution in [1.29, 1.82) is 0 Å². The normalized spacial score (nSPS) is 27.7. The molecule has 2 heterocycles. The van der Waals surface area contributed by atoms with E-state index in [1.807, 2.05) is 18.2 Å². The molecule has 1 saturated carbocycles. The summed E-state index contributed by atoms with van der Waals surface area (Å²) in [6, 6.07) is 0. The van der Waals surface area contributed by atoms with Crippen LogP contribution in [-0.4, -0.2) is 70.0 Å². The SMILES string of the molecule is C1=CC[N-]C=C1.C1CC[N-]CC1.O.OC1C(O)C(O)C1O.[Ni+2].[Ni].[OH3+].[OH3+]. The van der Waals surface area contributed by atoms with Gasteiger partial charge in [-0.2, -0.15) is 6.20 Å². The Hall–Kier alpha value is -0.0530. The minimum Gasteiger partial charge on any atom is -0.687 e. The summed E-state index contributed by atoms with van der Waals surface area (Å²) in [4.78, 5) is 0. The van der Waals surface area contributed by atoms with E-state index in [9.17, 15) is 0 Å². The van der Waals surface area contributed by atoms with Crippen LogP contribution < -0.4 is 0 Å². The van der Waals surface area contributed by atoms with Crippen molar-refractivity contribution in [3.05, 3.63) is 35.1 Å². The molecule has 12 N–H and O–H groups in total. The van der Waals surface area contributed by atoms with Gasteiger partial charge < -0.3 is 47.5 Å². The molecule has 158 valence electrons. The first-order valence-corrected chi connectivity index (χ1v) is 6.98. The molecule has 0 radical (unpaired) electrons. The van der Waals surface area contributed by atoms with Crippen molar-refractivity contribution >= 4 is 0 Å². The van der Waals surface area contributed by atoms with Crippen molar-refractivity contribution in [3.8, 4) is 0 Å². The van der Waals surface area contributed by atoms with Gasteiger partial charge >= 0.3 is 16.5 Å². The van der Waals surface area contributed by atoms with E-state index in [2.05, 4.69) is 10.6 Å². The summed E-state index contributed by atoms with van der Waals surface area (Å²) >= 11 is 0. The average Bonchev–Trinajstić information content (AvgIpc) is 2.57. The second-order valence-corrected chi connectivity index (χ2v) is 4.83. The quantitative estimate of drug-likeness (QED) is 0.235. The van der Waals surface area contributed by atoms with E-state index < -0.39 is 24.4 Å². The zero-order valence-electron chi connectivity index (χ0n) is 13.8. The van der Waals surface area contributed by atoms with E-state index in [4.69, 9.17) is 20.4 Å². The topological polar surface area (TPSA) is 207 Å². The molecule has 0 unspecified atom stereocenters. The van der Waals surface area contributed by atoms with Crippen molar-refractivity contribution in [2.45, 2.75) is 43.7 Å². The van der Waals surface area contributed by atoms with Crippen molar-refractivity contribution in [2.24, 2.45) is 0 Å². The third kappa shape index (κ3) is 14.8. The van der Waals surface area contributed by atoms with Crippen LogP contribution in [0.3, 0.4) is 0 Å². The number of rotatable bonds is 0. The maximum absolute atomic E-state index is 8.50. The first-order valence-electron chi connectivity index (χ1n) is 6.98. The van der Waals surface area contributed by atoms with E-state index in [1.165, 1.54) is 19.3 Å². The van der Waals surface area contributed by atoms with Crippen molar-refractivity contribution in [2.75, 3.05) is 19.6 Å². The Morgan fingerprint density at radius 1 is 0.760 bits per heavy atom. The Labute approximate surface area is 168 Å². The molecule has 11 heteroatoms. The molecule has 1 saturated heterocycles. The van der Waals surface area contributed by atoms with Gasteiger partial charge in [-0.3, -0.25) is 0 Å². The standard InChI is InChI=1S/C5H10N.C5H6N.C4H8O4.2Ni.3H2O/c2*1-2-4-6-5-3-1;5-1-2(6)4(8)3(1)7;;;;;/h1-5H2;1-4H,5H2;1-8H;;;3*1H2/q2*-1;;;+2;;;/p+2. The van der Waals surface area contributed by atoms with E-state index in [0.29, 0.717) is 0 Å². The smallest absolute Gasteiger partial charge is 0.687 e. The molecular weight excluding hydrogens is 426 g/mol. The molecule has 0 aromatic heterocycles. The van der Waals surface area contributed by atoms with Gasteiger partial charge in [-0.05, 0) is 0 Å². The maximum Gasteiger partial charge on any atom is 2.00 e. The van der Waals surface area contributed by atoms with Gasteiger partial charge in [0.2, 0.25) is 0 Å². The van der Waals surface area contributed by atoms with E-state index >= 15 is 0 Å². The summed E-state index contributed by atoms with van der Waals surface area (Å²) in [6.45, 7) is 3.11. The summed E-state index contributed by atoms with van der Waals surface area (Å²) in [5, 5.41) is 42.1. The Morgan fingerprint density at radius 2 is 1.20 bits per heavy atom. The van der Waals surface area contributed by atoms with Crippen molar-refractivity contribution < 1.29 is 69.8 Å². The Kier molecular flexibility index (Phi) is 31.6. The molecule has 0 aromatic carbocycles. The number of allylic oxidation sites excluding steroid dienone is 2. The van der Waals surface area contributed by atoms with Crippen molar-refractivity contribution in [1.82, 2.24) is 0 Å². The molecule has 0 bridgehead atoms. The van der Waals surface area contributed by atoms with E-state index in [1.54, 1.807) is 6.20 Å². The first-order chi connectivity index (χ1) is 9.64. The number of aliphatic hydroxyl groups is 4. The molecule has 0 amide bonds. The molecule has 0 atom stereocenters. The third-order valence-electron chi connectivity index (χ3n) is 3.18. The van der Waals surface area contributed by atoms with Gasteiger partial charge in [-0.1, -0.05) is 31.4 Å². The first kappa shape index (κ1) is 36.0. The number of aliphatic hydroxyl groups excluding tert-OH is 4. The van der Waals surface area contributed by atoms with Gasteiger partial charge in [0.05, 0.1) is 0 Å². The summed E-state index contributed by atoms with van der Waals surface area (Å²) in [6.07, 6.45) is 7.16. The fourth-order valence-corrected chi connectivity index (χ4v) is 1.77. The number of piperidine rings is 1. The maximum atomic E-state index is 8.50. The van der Waals surface area contributed by atoms with Crippen LogP contribution in [0.2, 0.25) is 0 Å². The molecule has 0 spiro atoms. The monoisotopic (exact) mass is 456 g/mol. The van der Waals surface area contributed by atoms with Crippen LogP contribution in [0, 0.1) is 0 Å². The molecule has 1 aliphatic carbocycles. The number of nitrogens with zero attached hydrogens (tertiary/aromatic N) is 2. The third-order valence-corrected chi connectivity index (χ3v) is 3.18. The molecule has 0 aromatic rings. The summed E-state index contributed by atoms with van der Waals surface area (Å²) in [5.41, 5.74) is 0. The van der Waals surface area contributed by atoms with Gasteiger partial charge in [-0.15, -0.1) is 25.7 Å². The summed E-state index contributed by atoms with van der Waals surface area (Å²) in [5.74, 6) is 0. The molecule has 2 fully saturated rings. The summed E-state index contributed by atoms with van der Waals surface area (Å²) in [7, 11) is 0. The van der Waals surface area contributed by atoms with Gasteiger partial charge in [0.25, 0.3) is 0 Å². The van der Waals surface area contributed by atoms with Crippen LogP contribution in [0.25, 0.3) is 10.6 Å².